The van der Waals surface area contributed by atoms with Crippen molar-refractivity contribution < 1.29 is 27.4 Å². The van der Waals surface area contributed by atoms with Crippen molar-refractivity contribution in [2.45, 2.75) is 12.7 Å². The largest absolute Gasteiger partial charge is 0.493 e. The molecule has 0 atom stereocenters. The van der Waals surface area contributed by atoms with Crippen molar-refractivity contribution in [2.24, 2.45) is 0 Å². The number of carbonyl (C=O) groups excluding carboxylic acids is 1. The van der Waals surface area contributed by atoms with Crippen molar-refractivity contribution in [3.8, 4) is 22.8 Å². The van der Waals surface area contributed by atoms with Gasteiger partial charge < -0.3 is 14.8 Å². The lowest BCUT2D eigenvalue weighted by Gasteiger charge is -2.13. The second-order valence-electron chi connectivity index (χ2n) is 7.52. The van der Waals surface area contributed by atoms with Gasteiger partial charge >= 0.3 is 6.18 Å². The highest BCUT2D eigenvalue weighted by atomic mass is 19.4. The first-order valence-electron chi connectivity index (χ1n) is 10.4. The van der Waals surface area contributed by atoms with E-state index in [1.807, 2.05) is 12.1 Å². The van der Waals surface area contributed by atoms with Gasteiger partial charge in [-0.2, -0.15) is 13.2 Å². The lowest BCUT2D eigenvalue weighted by Crippen LogP contribution is -2.23. The second-order valence-corrected chi connectivity index (χ2v) is 7.52. The number of hydrogen-bond acceptors (Lipinski definition) is 4. The number of rotatable bonds is 6. The highest BCUT2D eigenvalue weighted by Gasteiger charge is 2.30. The number of benzene rings is 3. The molecule has 0 saturated carbocycles. The number of methoxy groups -OCH3 is 2. The first-order chi connectivity index (χ1) is 16.3. The second kappa shape index (κ2) is 9.43. The molecule has 0 bridgehead atoms. The predicted octanol–water partition coefficient (Wildman–Crippen LogP) is 5.87. The summed E-state index contributed by atoms with van der Waals surface area (Å²) >= 11 is 0. The molecule has 0 aliphatic carbocycles. The maximum atomic E-state index is 13.1. The van der Waals surface area contributed by atoms with E-state index in [1.54, 1.807) is 43.5 Å². The van der Waals surface area contributed by atoms with Gasteiger partial charge in [0.15, 0.2) is 11.5 Å². The molecule has 0 unspecified atom stereocenters. The fraction of sp³-hybridized carbons (Fsp3) is 0.154. The van der Waals surface area contributed by atoms with Crippen LogP contribution in [0.3, 0.4) is 0 Å². The Bertz CT molecular complexity index is 1350. The lowest BCUT2D eigenvalue weighted by atomic mass is 10.0. The Labute approximate surface area is 194 Å². The molecule has 3 aromatic carbocycles. The Morgan fingerprint density at radius 1 is 0.912 bits per heavy atom. The normalized spacial score (nSPS) is 11.3. The number of aromatic nitrogens is 1. The molecule has 5 nitrogen and oxygen atoms in total. The van der Waals surface area contributed by atoms with Gasteiger partial charge in [0.25, 0.3) is 5.91 Å². The predicted molar refractivity (Wildman–Crippen MR) is 123 cm³/mol. The van der Waals surface area contributed by atoms with Crippen molar-refractivity contribution in [3.63, 3.8) is 0 Å². The molecule has 8 heteroatoms. The molecule has 0 saturated heterocycles. The molecular formula is C26H21F3N2O3. The Morgan fingerprint density at radius 2 is 1.68 bits per heavy atom. The maximum absolute atomic E-state index is 13.1. The summed E-state index contributed by atoms with van der Waals surface area (Å²) in [5.41, 5.74) is 1.83. The van der Waals surface area contributed by atoms with Gasteiger partial charge in [0.05, 0.1) is 36.6 Å². The van der Waals surface area contributed by atoms with Crippen LogP contribution in [0.2, 0.25) is 0 Å². The summed E-state index contributed by atoms with van der Waals surface area (Å²) in [5, 5.41) is 3.36. The van der Waals surface area contributed by atoms with Crippen LogP contribution in [0.15, 0.2) is 72.8 Å². The summed E-state index contributed by atoms with van der Waals surface area (Å²) < 4.78 is 49.7. The van der Waals surface area contributed by atoms with E-state index in [-0.39, 0.29) is 6.54 Å². The Kier molecular flexibility index (Phi) is 6.40. The van der Waals surface area contributed by atoms with Crippen molar-refractivity contribution >= 4 is 16.8 Å². The molecule has 34 heavy (non-hydrogen) atoms. The number of pyridine rings is 1. The molecule has 0 aliphatic heterocycles. The summed E-state index contributed by atoms with van der Waals surface area (Å²) in [6.07, 6.45) is -4.45. The number of halogens is 3. The van der Waals surface area contributed by atoms with Gasteiger partial charge in [-0.3, -0.25) is 4.79 Å². The molecule has 0 aliphatic rings. The molecule has 1 N–H and O–H groups in total. The minimum atomic E-state index is -4.45. The average molecular weight is 466 g/mol. The van der Waals surface area contributed by atoms with Crippen molar-refractivity contribution in [3.05, 3.63) is 89.5 Å². The van der Waals surface area contributed by atoms with Crippen LogP contribution in [0.1, 0.15) is 21.5 Å². The van der Waals surface area contributed by atoms with Gasteiger partial charge in [0.2, 0.25) is 0 Å². The quantitative estimate of drug-likeness (QED) is 0.386. The van der Waals surface area contributed by atoms with Gasteiger partial charge in [-0.1, -0.05) is 30.3 Å². The third kappa shape index (κ3) is 4.80. The van der Waals surface area contributed by atoms with Gasteiger partial charge in [0, 0.05) is 17.5 Å². The van der Waals surface area contributed by atoms with Gasteiger partial charge in [0.1, 0.15) is 0 Å². The molecule has 1 heterocycles. The number of nitrogens with zero attached hydrogens (tertiary/aromatic N) is 1. The van der Waals surface area contributed by atoms with E-state index < -0.39 is 17.6 Å². The van der Waals surface area contributed by atoms with E-state index in [0.717, 1.165) is 17.7 Å². The van der Waals surface area contributed by atoms with Gasteiger partial charge in [-0.15, -0.1) is 0 Å². The van der Waals surface area contributed by atoms with Crippen LogP contribution in [0.25, 0.3) is 22.2 Å². The van der Waals surface area contributed by atoms with Crippen molar-refractivity contribution in [2.75, 3.05) is 14.2 Å². The van der Waals surface area contributed by atoms with Gasteiger partial charge in [-0.05, 0) is 48.0 Å². The van der Waals surface area contributed by atoms with Crippen molar-refractivity contribution in [1.82, 2.24) is 10.3 Å². The number of fused-ring (bicyclic) bond motifs is 1. The highest BCUT2D eigenvalue weighted by Crippen LogP contribution is 2.33. The molecule has 1 amide bonds. The van der Waals surface area contributed by atoms with Crippen LogP contribution in [0.5, 0.6) is 11.5 Å². The third-order valence-electron chi connectivity index (χ3n) is 5.35. The SMILES string of the molecule is COc1ccc(-c2cc(C(=O)NCc3cccc(C(F)(F)F)c3)c3ccccc3n2)cc1OC. The van der Waals surface area contributed by atoms with Crippen LogP contribution >= 0.6 is 0 Å². The smallest absolute Gasteiger partial charge is 0.416 e. The topological polar surface area (TPSA) is 60.5 Å². The van der Waals surface area contributed by atoms with E-state index >= 15 is 0 Å². The number of para-hydroxylation sites is 1. The fourth-order valence-electron chi connectivity index (χ4n) is 3.64. The fourth-order valence-corrected chi connectivity index (χ4v) is 3.64. The molecule has 1 aromatic heterocycles. The monoisotopic (exact) mass is 466 g/mol. The zero-order valence-electron chi connectivity index (χ0n) is 18.4. The zero-order chi connectivity index (χ0) is 24.3. The number of alkyl halides is 3. The van der Waals surface area contributed by atoms with Crippen molar-refractivity contribution in [1.29, 1.82) is 0 Å². The number of nitrogens with one attached hydrogen (secondary N) is 1. The number of ether oxygens (including phenoxy) is 2. The first kappa shape index (κ1) is 23.1. The third-order valence-corrected chi connectivity index (χ3v) is 5.35. The average Bonchev–Trinajstić information content (AvgIpc) is 2.85. The molecule has 4 aromatic rings. The molecule has 0 radical (unpaired) electrons. The summed E-state index contributed by atoms with van der Waals surface area (Å²) in [6, 6.07) is 19.0. The van der Waals surface area contributed by atoms with E-state index in [1.165, 1.54) is 19.2 Å². The summed E-state index contributed by atoms with van der Waals surface area (Å²) in [5.74, 6) is 0.661. The van der Waals surface area contributed by atoms with Crippen LogP contribution in [-0.4, -0.2) is 25.1 Å². The van der Waals surface area contributed by atoms with Gasteiger partial charge in [-0.25, -0.2) is 4.98 Å². The number of carbonyl (C=O) groups is 1. The number of amides is 1. The first-order valence-corrected chi connectivity index (χ1v) is 10.4. The van der Waals surface area contributed by atoms with E-state index in [9.17, 15) is 18.0 Å². The molecular weight excluding hydrogens is 445 g/mol. The highest BCUT2D eigenvalue weighted by molar-refractivity contribution is 6.07. The molecule has 4 rings (SSSR count). The standard InChI is InChI=1S/C26H21F3N2O3/c1-33-23-11-10-17(13-24(23)34-2)22-14-20(19-8-3-4-9-21(19)31-22)25(32)30-15-16-6-5-7-18(12-16)26(27,28)29/h3-14H,15H2,1-2H3,(H,30,32). The maximum Gasteiger partial charge on any atom is 0.416 e. The molecule has 0 fully saturated rings. The minimum Gasteiger partial charge on any atom is -0.493 e. The van der Waals surface area contributed by atoms with Crippen LogP contribution in [0, 0.1) is 0 Å². The van der Waals surface area contributed by atoms with Crippen LogP contribution in [0.4, 0.5) is 13.2 Å². The lowest BCUT2D eigenvalue weighted by molar-refractivity contribution is -0.137. The molecule has 0 spiro atoms. The number of hydrogen-bond donors (Lipinski definition) is 1. The Balaban J connectivity index is 1.68. The van der Waals surface area contributed by atoms with Crippen LogP contribution in [-0.2, 0) is 12.7 Å². The van der Waals surface area contributed by atoms with E-state index in [2.05, 4.69) is 10.3 Å². The summed E-state index contributed by atoms with van der Waals surface area (Å²) in [6.45, 7) is -0.0505. The van der Waals surface area contributed by atoms with E-state index in [4.69, 9.17) is 9.47 Å². The van der Waals surface area contributed by atoms with E-state index in [0.29, 0.717) is 39.2 Å². The zero-order valence-corrected chi connectivity index (χ0v) is 18.4. The summed E-state index contributed by atoms with van der Waals surface area (Å²) in [4.78, 5) is 17.8. The summed E-state index contributed by atoms with van der Waals surface area (Å²) in [7, 11) is 3.07. The van der Waals surface area contributed by atoms with Crippen LogP contribution < -0.4 is 14.8 Å². The Hall–Kier alpha value is -4.07. The molecule has 174 valence electrons. The minimum absolute atomic E-state index is 0.0505. The Morgan fingerprint density at radius 3 is 2.41 bits per heavy atom.